The van der Waals surface area contributed by atoms with E-state index in [4.69, 9.17) is 23.2 Å². The number of ketones is 1. The molecular formula is C29H33Cl2F2N3O2. The van der Waals surface area contributed by atoms with E-state index >= 15 is 4.39 Å². The van der Waals surface area contributed by atoms with Gasteiger partial charge >= 0.3 is 0 Å². The molecule has 9 heteroatoms. The van der Waals surface area contributed by atoms with Gasteiger partial charge in [-0.25, -0.2) is 8.78 Å². The number of carbonyl (C=O) groups is 2. The lowest BCUT2D eigenvalue weighted by atomic mass is 9.62. The Hall–Kier alpha value is -2.06. The van der Waals surface area contributed by atoms with Crippen molar-refractivity contribution >= 4 is 40.6 Å². The van der Waals surface area contributed by atoms with Crippen LogP contribution in [0.3, 0.4) is 0 Å². The number of amides is 1. The summed E-state index contributed by atoms with van der Waals surface area (Å²) in [5.74, 6) is -1.71. The number of anilines is 1. The number of halogens is 4. The maximum atomic E-state index is 15.8. The molecule has 0 saturated carbocycles. The highest BCUT2D eigenvalue weighted by Crippen LogP contribution is 2.57. The van der Waals surface area contributed by atoms with Crippen LogP contribution in [0.2, 0.25) is 10.0 Å². The number of fused-ring (bicyclic) bond motifs is 2. The Bertz CT molecular complexity index is 1260. The molecule has 1 amide bonds. The van der Waals surface area contributed by atoms with Gasteiger partial charge in [0, 0.05) is 48.7 Å². The van der Waals surface area contributed by atoms with Crippen molar-refractivity contribution in [2.24, 2.45) is 11.3 Å². The fourth-order valence-corrected chi connectivity index (χ4v) is 7.08. The minimum atomic E-state index is -1.25. The quantitative estimate of drug-likeness (QED) is 0.450. The first kappa shape index (κ1) is 27.5. The number of nitrogens with zero attached hydrogens (tertiary/aromatic N) is 1. The van der Waals surface area contributed by atoms with E-state index in [2.05, 4.69) is 31.4 Å². The van der Waals surface area contributed by atoms with Crippen LogP contribution in [0, 0.1) is 17.2 Å². The van der Waals surface area contributed by atoms with Gasteiger partial charge in [-0.2, -0.15) is 0 Å². The average Bonchev–Trinajstić information content (AvgIpc) is 3.28. The summed E-state index contributed by atoms with van der Waals surface area (Å²) in [4.78, 5) is 30.0. The highest BCUT2D eigenvalue weighted by molar-refractivity contribution is 6.31. The third kappa shape index (κ3) is 4.66. The summed E-state index contributed by atoms with van der Waals surface area (Å²) in [5.41, 5.74) is 0.0657. The van der Waals surface area contributed by atoms with Gasteiger partial charge in [-0.3, -0.25) is 9.59 Å². The zero-order chi connectivity index (χ0) is 27.4. The van der Waals surface area contributed by atoms with E-state index in [1.54, 1.807) is 24.3 Å². The molecule has 3 heterocycles. The molecule has 2 fully saturated rings. The van der Waals surface area contributed by atoms with E-state index in [-0.39, 0.29) is 40.0 Å². The molecule has 2 N–H and O–H groups in total. The molecule has 0 bridgehead atoms. The van der Waals surface area contributed by atoms with Gasteiger partial charge in [0.25, 0.3) is 0 Å². The number of alkyl halides is 1. The van der Waals surface area contributed by atoms with Crippen molar-refractivity contribution in [1.29, 1.82) is 0 Å². The second kappa shape index (κ2) is 10.2. The maximum absolute atomic E-state index is 15.8. The van der Waals surface area contributed by atoms with Gasteiger partial charge in [0.1, 0.15) is 17.9 Å². The predicted molar refractivity (Wildman–Crippen MR) is 146 cm³/mol. The number of hydrogen-bond donors (Lipinski definition) is 2. The van der Waals surface area contributed by atoms with Crippen LogP contribution in [0.1, 0.15) is 50.7 Å². The van der Waals surface area contributed by atoms with E-state index in [1.165, 1.54) is 6.07 Å². The van der Waals surface area contributed by atoms with E-state index in [0.29, 0.717) is 42.3 Å². The van der Waals surface area contributed by atoms with Crippen LogP contribution >= 0.6 is 23.2 Å². The molecule has 0 radical (unpaired) electrons. The first-order valence-corrected chi connectivity index (χ1v) is 13.8. The van der Waals surface area contributed by atoms with Gasteiger partial charge in [-0.1, -0.05) is 62.2 Å². The Kier molecular flexibility index (Phi) is 7.35. The molecule has 204 valence electrons. The molecule has 1 spiro atoms. The first-order chi connectivity index (χ1) is 18.0. The molecule has 0 unspecified atom stereocenters. The summed E-state index contributed by atoms with van der Waals surface area (Å²) in [6.07, 6.45) is 0.838. The summed E-state index contributed by atoms with van der Waals surface area (Å²) in [6.45, 7) is 7.48. The van der Waals surface area contributed by atoms with Crippen LogP contribution in [0.5, 0.6) is 0 Å². The van der Waals surface area contributed by atoms with Gasteiger partial charge in [-0.15, -0.1) is 0 Å². The second-order valence-corrected chi connectivity index (χ2v) is 12.9. The lowest BCUT2D eigenvalue weighted by molar-refractivity contribution is -0.124. The highest BCUT2D eigenvalue weighted by Gasteiger charge is 2.66. The Morgan fingerprint density at radius 3 is 2.61 bits per heavy atom. The molecule has 3 aliphatic heterocycles. The molecular weight excluding hydrogens is 531 g/mol. The number of carbonyl (C=O) groups excluding carboxylic acids is 2. The van der Waals surface area contributed by atoms with Gasteiger partial charge in [0.15, 0.2) is 5.78 Å². The largest absolute Gasteiger partial charge is 0.325 e. The molecule has 2 aromatic rings. The fourth-order valence-electron chi connectivity index (χ4n) is 6.72. The Morgan fingerprint density at radius 1 is 1.18 bits per heavy atom. The Balaban J connectivity index is 1.64. The smallest absolute Gasteiger partial charge is 0.237 e. The van der Waals surface area contributed by atoms with E-state index < -0.39 is 35.9 Å². The molecule has 4 atom stereocenters. The lowest BCUT2D eigenvalue weighted by Crippen LogP contribution is -2.50. The molecule has 0 aliphatic carbocycles. The van der Waals surface area contributed by atoms with Gasteiger partial charge in [0.2, 0.25) is 5.91 Å². The van der Waals surface area contributed by atoms with E-state index in [0.717, 1.165) is 0 Å². The number of hydrogen-bond acceptors (Lipinski definition) is 4. The maximum Gasteiger partial charge on any atom is 0.237 e. The Morgan fingerprint density at radius 2 is 1.92 bits per heavy atom. The number of rotatable bonds is 7. The fraction of sp³-hybridized carbons (Fsp3) is 0.517. The SMILES string of the molecule is CC(C)(C)C[C@H]1N[C@@H](C(=O)CC2CN(CCF)C2)[C@H](c2cccc(Cl)c2F)[C@@]12C(=O)Nc1cc(Cl)ccc12. The highest BCUT2D eigenvalue weighted by atomic mass is 35.5. The van der Waals surface area contributed by atoms with Crippen molar-refractivity contribution in [1.82, 2.24) is 10.2 Å². The van der Waals surface area contributed by atoms with Crippen molar-refractivity contribution in [2.45, 2.75) is 57.0 Å². The van der Waals surface area contributed by atoms with Crippen molar-refractivity contribution in [3.05, 3.63) is 63.4 Å². The molecule has 2 aromatic carbocycles. The number of nitrogens with one attached hydrogen (secondary N) is 2. The standard InChI is InChI=1S/C29H33Cl2F2N3O2/c1-28(2,3)13-23-29(19-8-7-17(30)12-21(19)34-27(29)38)24(18-5-4-6-20(31)25(18)33)26(35-23)22(37)11-16-14-36(15-16)10-9-32/h4-8,12,16,23-24,26,35H,9-11,13-15H2,1-3H3,(H,34,38)/t23-,24+,26+,29+/m1/s1. The van der Waals surface area contributed by atoms with Crippen LogP contribution < -0.4 is 10.6 Å². The average molecular weight is 565 g/mol. The third-order valence-corrected chi connectivity index (χ3v) is 8.74. The van der Waals surface area contributed by atoms with Crippen molar-refractivity contribution in [3.8, 4) is 0 Å². The number of Topliss-reactive ketones (excluding diaryl/α,β-unsaturated/α-hetero) is 1. The molecule has 5 rings (SSSR count). The zero-order valence-electron chi connectivity index (χ0n) is 21.8. The molecule has 3 aliphatic rings. The molecule has 38 heavy (non-hydrogen) atoms. The molecule has 2 saturated heterocycles. The van der Waals surface area contributed by atoms with Gasteiger partial charge in [-0.05, 0) is 47.1 Å². The number of benzene rings is 2. The minimum absolute atomic E-state index is 0.0567. The Labute approximate surface area is 232 Å². The summed E-state index contributed by atoms with van der Waals surface area (Å²) in [7, 11) is 0. The first-order valence-electron chi connectivity index (χ1n) is 13.1. The van der Waals surface area contributed by atoms with Crippen LogP contribution in [0.4, 0.5) is 14.5 Å². The van der Waals surface area contributed by atoms with Gasteiger partial charge < -0.3 is 15.5 Å². The van der Waals surface area contributed by atoms with Crippen LogP contribution in [-0.4, -0.2) is 55.0 Å². The molecule has 5 nitrogen and oxygen atoms in total. The van der Waals surface area contributed by atoms with E-state index in [1.807, 2.05) is 11.0 Å². The third-order valence-electron chi connectivity index (χ3n) is 8.21. The summed E-state index contributed by atoms with van der Waals surface area (Å²) in [5, 5.41) is 6.93. The topological polar surface area (TPSA) is 61.4 Å². The van der Waals surface area contributed by atoms with Crippen LogP contribution in [-0.2, 0) is 15.0 Å². The van der Waals surface area contributed by atoms with Gasteiger partial charge in [0.05, 0.1) is 11.1 Å². The normalized spacial score (nSPS) is 27.4. The second-order valence-electron chi connectivity index (χ2n) is 12.1. The van der Waals surface area contributed by atoms with Crippen LogP contribution in [0.25, 0.3) is 0 Å². The zero-order valence-corrected chi connectivity index (χ0v) is 23.3. The number of likely N-dealkylation sites (tertiary alicyclic amines) is 1. The summed E-state index contributed by atoms with van der Waals surface area (Å²) in [6, 6.07) is 8.73. The van der Waals surface area contributed by atoms with Crippen molar-refractivity contribution in [3.63, 3.8) is 0 Å². The van der Waals surface area contributed by atoms with Crippen LogP contribution in [0.15, 0.2) is 36.4 Å². The predicted octanol–water partition coefficient (Wildman–Crippen LogP) is 5.74. The van der Waals surface area contributed by atoms with E-state index in [9.17, 15) is 14.0 Å². The molecule has 0 aromatic heterocycles. The minimum Gasteiger partial charge on any atom is -0.325 e. The van der Waals surface area contributed by atoms with Crippen molar-refractivity contribution < 1.29 is 18.4 Å². The monoisotopic (exact) mass is 563 g/mol. The summed E-state index contributed by atoms with van der Waals surface area (Å²) < 4.78 is 28.5. The summed E-state index contributed by atoms with van der Waals surface area (Å²) >= 11 is 12.5. The van der Waals surface area contributed by atoms with Crippen molar-refractivity contribution in [2.75, 3.05) is 31.6 Å². The lowest BCUT2D eigenvalue weighted by Gasteiger charge is -2.39.